The van der Waals surface area contributed by atoms with E-state index in [9.17, 15) is 4.39 Å². The van der Waals surface area contributed by atoms with Crippen molar-refractivity contribution >= 4 is 17.2 Å². The normalized spacial score (nSPS) is 15.0. The Balaban J connectivity index is 1.48. The maximum absolute atomic E-state index is 14.2. The number of hydrogen-bond donors (Lipinski definition) is 0. The Morgan fingerprint density at radius 2 is 1.96 bits per heavy atom. The number of hydrogen-bond acceptors (Lipinski definition) is 7. The van der Waals surface area contributed by atoms with Gasteiger partial charge < -0.3 is 14.5 Å². The van der Waals surface area contributed by atoms with Crippen molar-refractivity contribution in [3.8, 4) is 5.88 Å². The monoisotopic (exact) mass is 343 g/mol. The molecule has 0 saturated carbocycles. The highest BCUT2D eigenvalue weighted by atomic mass is 19.1. The van der Waals surface area contributed by atoms with Crippen LogP contribution in [0.15, 0.2) is 30.7 Å². The van der Waals surface area contributed by atoms with E-state index in [0.29, 0.717) is 36.9 Å². The van der Waals surface area contributed by atoms with Crippen LogP contribution in [0.3, 0.4) is 0 Å². The molecule has 130 valence electrons. The van der Waals surface area contributed by atoms with Gasteiger partial charge in [-0.3, -0.25) is 0 Å². The molecule has 1 fully saturated rings. The van der Waals surface area contributed by atoms with Gasteiger partial charge >= 0.3 is 0 Å². The highest BCUT2D eigenvalue weighted by Crippen LogP contribution is 2.25. The van der Waals surface area contributed by atoms with Crippen LogP contribution in [0.5, 0.6) is 5.88 Å². The Morgan fingerprint density at radius 1 is 1.16 bits per heavy atom. The fraction of sp³-hybridized carbons (Fsp3) is 0.375. The molecule has 1 saturated heterocycles. The second-order valence-electron chi connectivity index (χ2n) is 5.71. The fourth-order valence-electron chi connectivity index (χ4n) is 2.94. The molecule has 0 aliphatic carbocycles. The van der Waals surface area contributed by atoms with Gasteiger partial charge in [0.25, 0.3) is 0 Å². The van der Waals surface area contributed by atoms with E-state index in [1.807, 2.05) is 24.0 Å². The number of halogens is 1. The topological polar surface area (TPSA) is 71.7 Å². The number of aromatic nitrogens is 5. The molecule has 1 aliphatic heterocycles. The Kier molecular flexibility index (Phi) is 4.04. The van der Waals surface area contributed by atoms with Crippen molar-refractivity contribution in [3.05, 3.63) is 36.5 Å². The third-order valence-corrected chi connectivity index (χ3v) is 4.19. The van der Waals surface area contributed by atoms with E-state index >= 15 is 0 Å². The lowest BCUT2D eigenvalue weighted by molar-refractivity contribution is 0.325. The zero-order valence-electron chi connectivity index (χ0n) is 13.8. The average Bonchev–Trinajstić information content (AvgIpc) is 3.11. The van der Waals surface area contributed by atoms with Gasteiger partial charge in [0.2, 0.25) is 5.88 Å². The van der Waals surface area contributed by atoms with Crippen molar-refractivity contribution < 1.29 is 9.13 Å². The summed E-state index contributed by atoms with van der Waals surface area (Å²) in [5.74, 6) is 0.971. The summed E-state index contributed by atoms with van der Waals surface area (Å²) in [6.07, 6.45) is 2.80. The molecular weight excluding hydrogens is 325 g/mol. The third-order valence-electron chi connectivity index (χ3n) is 4.19. The molecule has 1 aliphatic rings. The highest BCUT2D eigenvalue weighted by molar-refractivity contribution is 5.52. The minimum absolute atomic E-state index is 0.332. The number of ether oxygens (including phenoxy) is 1. The molecule has 25 heavy (non-hydrogen) atoms. The first-order valence-corrected chi connectivity index (χ1v) is 8.20. The Hall–Kier alpha value is -2.97. The molecule has 0 unspecified atom stereocenters. The first kappa shape index (κ1) is 15.6. The summed E-state index contributed by atoms with van der Waals surface area (Å²) in [7, 11) is 0. The fourth-order valence-corrected chi connectivity index (χ4v) is 2.94. The van der Waals surface area contributed by atoms with Crippen LogP contribution in [0.25, 0.3) is 5.65 Å². The van der Waals surface area contributed by atoms with E-state index in [0.717, 1.165) is 18.9 Å². The molecule has 8 nitrogen and oxygen atoms in total. The predicted molar refractivity (Wildman–Crippen MR) is 90.6 cm³/mol. The molecular formula is C16H18FN7O. The first-order chi connectivity index (χ1) is 12.2. The number of pyridine rings is 1. The largest absolute Gasteiger partial charge is 0.478 e. The van der Waals surface area contributed by atoms with Gasteiger partial charge in [0.1, 0.15) is 12.1 Å². The van der Waals surface area contributed by atoms with Crippen LogP contribution in [0.2, 0.25) is 0 Å². The number of rotatable bonds is 4. The van der Waals surface area contributed by atoms with E-state index in [-0.39, 0.29) is 5.82 Å². The molecule has 3 aromatic heterocycles. The zero-order chi connectivity index (χ0) is 17.2. The maximum Gasteiger partial charge on any atom is 0.215 e. The maximum atomic E-state index is 14.2. The van der Waals surface area contributed by atoms with Crippen LogP contribution < -0.4 is 14.5 Å². The standard InChI is InChI=1S/C16H18FN7O/c1-2-25-16-9-13(12(17)10-18-16)22-5-7-23(8-6-22)15-4-3-14-20-19-11-24(14)21-15/h3-4,9-11H,2,5-8H2,1H3. The van der Waals surface area contributed by atoms with Crippen molar-refractivity contribution in [2.45, 2.75) is 6.92 Å². The minimum atomic E-state index is -0.332. The van der Waals surface area contributed by atoms with E-state index in [2.05, 4.69) is 25.2 Å². The molecule has 0 atom stereocenters. The van der Waals surface area contributed by atoms with E-state index < -0.39 is 0 Å². The Bertz CT molecular complexity index is 876. The molecule has 0 aromatic carbocycles. The quantitative estimate of drug-likeness (QED) is 0.709. The number of nitrogens with zero attached hydrogens (tertiary/aromatic N) is 7. The summed E-state index contributed by atoms with van der Waals surface area (Å²) in [5.41, 5.74) is 1.24. The summed E-state index contributed by atoms with van der Waals surface area (Å²) in [4.78, 5) is 8.12. The molecule has 0 spiro atoms. The van der Waals surface area contributed by atoms with Crippen molar-refractivity contribution in [3.63, 3.8) is 0 Å². The summed E-state index contributed by atoms with van der Waals surface area (Å²) >= 11 is 0. The number of piperazine rings is 1. The van der Waals surface area contributed by atoms with Gasteiger partial charge in [-0.05, 0) is 19.1 Å². The van der Waals surface area contributed by atoms with Gasteiger partial charge in [0.05, 0.1) is 18.5 Å². The van der Waals surface area contributed by atoms with Crippen molar-refractivity contribution in [2.24, 2.45) is 0 Å². The lowest BCUT2D eigenvalue weighted by Crippen LogP contribution is -2.47. The summed E-state index contributed by atoms with van der Waals surface area (Å²) in [6, 6.07) is 5.48. The molecule has 4 rings (SSSR count). The summed E-state index contributed by atoms with van der Waals surface area (Å²) in [5, 5.41) is 12.3. The van der Waals surface area contributed by atoms with Crippen molar-refractivity contribution in [2.75, 3.05) is 42.6 Å². The van der Waals surface area contributed by atoms with Crippen LogP contribution in [0.1, 0.15) is 6.92 Å². The molecule has 4 heterocycles. The molecule has 9 heteroatoms. The van der Waals surface area contributed by atoms with Crippen molar-refractivity contribution in [1.82, 2.24) is 24.8 Å². The van der Waals surface area contributed by atoms with Crippen LogP contribution in [-0.2, 0) is 0 Å². The summed E-state index contributed by atoms with van der Waals surface area (Å²) < 4.78 is 21.2. The van der Waals surface area contributed by atoms with E-state index in [4.69, 9.17) is 4.74 Å². The smallest absolute Gasteiger partial charge is 0.215 e. The van der Waals surface area contributed by atoms with Gasteiger partial charge in [-0.15, -0.1) is 15.3 Å². The summed E-state index contributed by atoms with van der Waals surface area (Å²) in [6.45, 7) is 5.24. The molecule has 0 radical (unpaired) electrons. The third kappa shape index (κ3) is 3.04. The molecule has 0 bridgehead atoms. The SMILES string of the molecule is CCOc1cc(N2CCN(c3ccc4nncn4n3)CC2)c(F)cn1. The first-order valence-electron chi connectivity index (χ1n) is 8.20. The average molecular weight is 343 g/mol. The number of fused-ring (bicyclic) bond motifs is 1. The minimum Gasteiger partial charge on any atom is -0.478 e. The predicted octanol–water partition coefficient (Wildman–Crippen LogP) is 1.38. The Labute approximate surface area is 143 Å². The molecule has 0 amide bonds. The van der Waals surface area contributed by atoms with Gasteiger partial charge in [-0.2, -0.15) is 4.52 Å². The van der Waals surface area contributed by atoms with Gasteiger partial charge in [0, 0.05) is 32.2 Å². The van der Waals surface area contributed by atoms with Crippen LogP contribution >= 0.6 is 0 Å². The number of anilines is 2. The van der Waals surface area contributed by atoms with Gasteiger partial charge in [-0.1, -0.05) is 0 Å². The lowest BCUT2D eigenvalue weighted by Gasteiger charge is -2.36. The van der Waals surface area contributed by atoms with Crippen LogP contribution in [0.4, 0.5) is 15.9 Å². The second-order valence-corrected chi connectivity index (χ2v) is 5.71. The van der Waals surface area contributed by atoms with E-state index in [1.165, 1.54) is 6.20 Å². The highest BCUT2D eigenvalue weighted by Gasteiger charge is 2.21. The van der Waals surface area contributed by atoms with Gasteiger partial charge in [-0.25, -0.2) is 9.37 Å². The zero-order valence-corrected chi connectivity index (χ0v) is 13.8. The van der Waals surface area contributed by atoms with E-state index in [1.54, 1.807) is 16.9 Å². The molecule has 0 N–H and O–H groups in total. The van der Waals surface area contributed by atoms with Crippen LogP contribution in [0, 0.1) is 5.82 Å². The van der Waals surface area contributed by atoms with Crippen LogP contribution in [-0.4, -0.2) is 57.6 Å². The second kappa shape index (κ2) is 6.50. The Morgan fingerprint density at radius 3 is 2.76 bits per heavy atom. The molecule has 3 aromatic rings. The van der Waals surface area contributed by atoms with Crippen molar-refractivity contribution in [1.29, 1.82) is 0 Å². The lowest BCUT2D eigenvalue weighted by atomic mass is 10.2. The van der Waals surface area contributed by atoms with Gasteiger partial charge in [0.15, 0.2) is 11.5 Å².